The number of aliphatic hydroxyl groups is 1. The van der Waals surface area contributed by atoms with Gasteiger partial charge in [0.1, 0.15) is 5.75 Å². The molecule has 0 aliphatic heterocycles. The Bertz CT molecular complexity index is 610. The molecule has 2 amide bonds. The number of aliphatic hydroxyl groups excluding tert-OH is 1. The number of aromatic nitrogens is 2. The van der Waals surface area contributed by atoms with Gasteiger partial charge in [-0.2, -0.15) is 5.10 Å². The van der Waals surface area contributed by atoms with E-state index in [-0.39, 0.29) is 12.4 Å². The molecule has 0 spiro atoms. The zero-order chi connectivity index (χ0) is 15.9. The lowest BCUT2D eigenvalue weighted by molar-refractivity contribution is 0.224. The van der Waals surface area contributed by atoms with Crippen LogP contribution in [0.3, 0.4) is 0 Å². The van der Waals surface area contributed by atoms with Crippen LogP contribution in [-0.2, 0) is 13.0 Å². The fourth-order valence-electron chi connectivity index (χ4n) is 2.03. The quantitative estimate of drug-likeness (QED) is 0.647. The maximum atomic E-state index is 11.9. The van der Waals surface area contributed by atoms with Gasteiger partial charge in [-0.1, -0.05) is 12.1 Å². The number of anilines is 1. The molecule has 0 saturated heterocycles. The van der Waals surface area contributed by atoms with Gasteiger partial charge in [0, 0.05) is 12.7 Å². The number of rotatable bonds is 6. The van der Waals surface area contributed by atoms with Crippen LogP contribution in [0.15, 0.2) is 36.7 Å². The van der Waals surface area contributed by atoms with E-state index >= 15 is 0 Å². The second-order valence-corrected chi connectivity index (χ2v) is 4.93. The number of aromatic hydroxyl groups is 1. The number of phenolic OH excluding ortho intramolecular Hbond substituents is 1. The van der Waals surface area contributed by atoms with Crippen LogP contribution in [0.4, 0.5) is 10.5 Å². The Morgan fingerprint density at radius 3 is 2.68 bits per heavy atom. The molecule has 2 rings (SSSR count). The molecule has 0 fully saturated rings. The fourth-order valence-corrected chi connectivity index (χ4v) is 2.03. The van der Waals surface area contributed by atoms with Crippen molar-refractivity contribution in [3.8, 4) is 5.75 Å². The highest BCUT2D eigenvalue weighted by Crippen LogP contribution is 2.11. The van der Waals surface area contributed by atoms with Crippen LogP contribution in [-0.4, -0.2) is 38.7 Å². The van der Waals surface area contributed by atoms with E-state index in [9.17, 15) is 15.0 Å². The minimum Gasteiger partial charge on any atom is -0.508 e. The van der Waals surface area contributed by atoms with Crippen LogP contribution < -0.4 is 10.6 Å². The summed E-state index contributed by atoms with van der Waals surface area (Å²) in [4.78, 5) is 11.9. The lowest BCUT2D eigenvalue weighted by Gasteiger charge is -2.16. The van der Waals surface area contributed by atoms with E-state index < -0.39 is 12.1 Å². The zero-order valence-corrected chi connectivity index (χ0v) is 12.4. The van der Waals surface area contributed by atoms with Gasteiger partial charge in [-0.15, -0.1) is 0 Å². The normalized spacial score (nSPS) is 11.9. The van der Waals surface area contributed by atoms with Crippen LogP contribution in [0, 0.1) is 0 Å². The second-order valence-electron chi connectivity index (χ2n) is 4.93. The molecule has 7 nitrogen and oxygen atoms in total. The van der Waals surface area contributed by atoms with E-state index in [0.717, 1.165) is 12.1 Å². The fraction of sp³-hybridized carbons (Fsp3) is 0.333. The molecule has 4 N–H and O–H groups in total. The standard InChI is InChI=1S/C15H20N4O3/c1-2-19-9-13(8-16-19)18-15(22)17-12(10-20)7-11-3-5-14(21)6-4-11/h3-6,8-9,12,20-21H,2,7,10H2,1H3,(H2,17,18,22)/t12-/m1/s1. The number of hydrogen-bond donors (Lipinski definition) is 4. The third-order valence-corrected chi connectivity index (χ3v) is 3.19. The monoisotopic (exact) mass is 304 g/mol. The third kappa shape index (κ3) is 4.49. The number of benzene rings is 1. The van der Waals surface area contributed by atoms with Crippen molar-refractivity contribution >= 4 is 11.7 Å². The molecule has 7 heteroatoms. The first-order chi connectivity index (χ1) is 10.6. The summed E-state index contributed by atoms with van der Waals surface area (Å²) < 4.78 is 1.70. The number of nitrogens with zero attached hydrogens (tertiary/aromatic N) is 2. The van der Waals surface area contributed by atoms with Crippen molar-refractivity contribution in [3.63, 3.8) is 0 Å². The topological polar surface area (TPSA) is 99.4 Å². The van der Waals surface area contributed by atoms with Crippen molar-refractivity contribution in [2.45, 2.75) is 25.9 Å². The summed E-state index contributed by atoms with van der Waals surface area (Å²) in [6, 6.07) is 5.84. The van der Waals surface area contributed by atoms with Gasteiger partial charge in [0.05, 0.1) is 24.5 Å². The Hall–Kier alpha value is -2.54. The molecule has 0 bridgehead atoms. The van der Waals surface area contributed by atoms with Crippen LogP contribution in [0.1, 0.15) is 12.5 Å². The minimum absolute atomic E-state index is 0.178. The molecule has 2 aromatic rings. The molecule has 118 valence electrons. The van der Waals surface area contributed by atoms with E-state index in [4.69, 9.17) is 0 Å². The molecular formula is C15H20N4O3. The molecule has 22 heavy (non-hydrogen) atoms. The second kappa shape index (κ2) is 7.46. The molecule has 0 aliphatic carbocycles. The number of urea groups is 1. The SMILES string of the molecule is CCn1cc(NC(=O)N[C@@H](CO)Cc2ccc(O)cc2)cn1. The van der Waals surface area contributed by atoms with Crippen molar-refractivity contribution in [1.82, 2.24) is 15.1 Å². The summed E-state index contributed by atoms with van der Waals surface area (Å²) in [5.74, 6) is 0.183. The maximum Gasteiger partial charge on any atom is 0.319 e. The first-order valence-corrected chi connectivity index (χ1v) is 7.09. The summed E-state index contributed by atoms with van der Waals surface area (Å²) in [6.07, 6.45) is 3.77. The Kier molecular flexibility index (Phi) is 5.37. The van der Waals surface area contributed by atoms with Crippen molar-refractivity contribution in [1.29, 1.82) is 0 Å². The van der Waals surface area contributed by atoms with Crippen molar-refractivity contribution < 1.29 is 15.0 Å². The van der Waals surface area contributed by atoms with Gasteiger partial charge >= 0.3 is 6.03 Å². The van der Waals surface area contributed by atoms with Crippen molar-refractivity contribution in [2.24, 2.45) is 0 Å². The largest absolute Gasteiger partial charge is 0.508 e. The predicted molar refractivity (Wildman–Crippen MR) is 82.7 cm³/mol. The molecule has 0 saturated carbocycles. The Morgan fingerprint density at radius 2 is 2.09 bits per heavy atom. The number of carbonyl (C=O) groups excluding carboxylic acids is 1. The van der Waals surface area contributed by atoms with Crippen molar-refractivity contribution in [2.75, 3.05) is 11.9 Å². The van der Waals surface area contributed by atoms with Gasteiger partial charge in [0.15, 0.2) is 0 Å². The number of carbonyl (C=O) groups is 1. The van der Waals surface area contributed by atoms with E-state index in [1.54, 1.807) is 41.3 Å². The molecule has 1 aromatic carbocycles. The van der Waals surface area contributed by atoms with Gasteiger partial charge in [-0.3, -0.25) is 4.68 Å². The van der Waals surface area contributed by atoms with Gasteiger partial charge in [0.2, 0.25) is 0 Å². The number of nitrogens with one attached hydrogen (secondary N) is 2. The van der Waals surface area contributed by atoms with Gasteiger partial charge in [-0.05, 0) is 31.0 Å². The van der Waals surface area contributed by atoms with E-state index in [0.29, 0.717) is 12.1 Å². The molecule has 0 radical (unpaired) electrons. The number of hydrogen-bond acceptors (Lipinski definition) is 4. The summed E-state index contributed by atoms with van der Waals surface area (Å²) in [5.41, 5.74) is 1.51. The van der Waals surface area contributed by atoms with Crippen LogP contribution in [0.5, 0.6) is 5.75 Å². The van der Waals surface area contributed by atoms with E-state index in [1.165, 1.54) is 0 Å². The molecule has 1 atom stereocenters. The Balaban J connectivity index is 1.88. The molecule has 0 unspecified atom stereocenters. The lowest BCUT2D eigenvalue weighted by atomic mass is 10.1. The highest BCUT2D eigenvalue weighted by molar-refractivity contribution is 5.89. The number of aryl methyl sites for hydroxylation is 1. The smallest absolute Gasteiger partial charge is 0.319 e. The first kappa shape index (κ1) is 15.8. The van der Waals surface area contributed by atoms with Crippen molar-refractivity contribution in [3.05, 3.63) is 42.2 Å². The highest BCUT2D eigenvalue weighted by Gasteiger charge is 2.13. The predicted octanol–water partition coefficient (Wildman–Crippen LogP) is 1.33. The van der Waals surface area contributed by atoms with Gasteiger partial charge < -0.3 is 20.8 Å². The summed E-state index contributed by atoms with van der Waals surface area (Å²) in [6.45, 7) is 2.50. The molecule has 1 heterocycles. The number of amides is 2. The summed E-state index contributed by atoms with van der Waals surface area (Å²) in [5, 5.41) is 28.1. The van der Waals surface area contributed by atoms with Crippen LogP contribution in [0.25, 0.3) is 0 Å². The summed E-state index contributed by atoms with van der Waals surface area (Å²) >= 11 is 0. The van der Waals surface area contributed by atoms with Gasteiger partial charge in [-0.25, -0.2) is 4.79 Å². The number of phenols is 1. The molecule has 1 aromatic heterocycles. The van der Waals surface area contributed by atoms with E-state index in [1.807, 2.05) is 6.92 Å². The third-order valence-electron chi connectivity index (χ3n) is 3.19. The Morgan fingerprint density at radius 1 is 1.36 bits per heavy atom. The molecular weight excluding hydrogens is 284 g/mol. The molecule has 0 aliphatic rings. The van der Waals surface area contributed by atoms with E-state index in [2.05, 4.69) is 15.7 Å². The lowest BCUT2D eigenvalue weighted by Crippen LogP contribution is -2.41. The van der Waals surface area contributed by atoms with Gasteiger partial charge in [0.25, 0.3) is 0 Å². The summed E-state index contributed by atoms with van der Waals surface area (Å²) in [7, 11) is 0. The highest BCUT2D eigenvalue weighted by atomic mass is 16.3. The Labute approximate surface area is 128 Å². The first-order valence-electron chi connectivity index (χ1n) is 7.09. The average Bonchev–Trinajstić information content (AvgIpc) is 2.96. The average molecular weight is 304 g/mol. The zero-order valence-electron chi connectivity index (χ0n) is 12.4. The van der Waals surface area contributed by atoms with Crippen LogP contribution >= 0.6 is 0 Å². The maximum absolute atomic E-state index is 11.9. The van der Waals surface area contributed by atoms with Crippen LogP contribution in [0.2, 0.25) is 0 Å². The minimum atomic E-state index is -0.411.